The highest BCUT2D eigenvalue weighted by molar-refractivity contribution is 5.76. The minimum atomic E-state index is -1.12. The molecule has 0 amide bonds. The van der Waals surface area contributed by atoms with Crippen LogP contribution in [0.25, 0.3) is 0 Å². The number of hydrogen-bond donors (Lipinski definition) is 1. The maximum atomic E-state index is 12.7. The van der Waals surface area contributed by atoms with Crippen LogP contribution in [0.15, 0.2) is 18.2 Å². The highest BCUT2D eigenvalue weighted by atomic mass is 16.8. The van der Waals surface area contributed by atoms with Gasteiger partial charge in [-0.2, -0.15) is 0 Å². The zero-order valence-corrected chi connectivity index (χ0v) is 27.1. The summed E-state index contributed by atoms with van der Waals surface area (Å²) < 4.78 is 36.7. The molecule has 244 valence electrons. The standard InChI is InChI=1S/C31H49NO11/c1-11-12-19(2)39-29(36)41-21(4)20(3)40-26(33)23(32)15-22-13-14-24(42-27(34)37-17-30(5,6)7)25(16-22)43-28(35)38-18-31(8,9)10/h13-14,16,19-21,23H,11-12,15,17-18,32H2,1-10H3/t19?,20-,21-,23-/m0/s1. The van der Waals surface area contributed by atoms with E-state index in [0.717, 1.165) is 6.42 Å². The van der Waals surface area contributed by atoms with Gasteiger partial charge < -0.3 is 38.9 Å². The molecule has 4 atom stereocenters. The number of rotatable bonds is 13. The van der Waals surface area contributed by atoms with Crippen molar-refractivity contribution in [3.63, 3.8) is 0 Å². The zero-order valence-electron chi connectivity index (χ0n) is 27.1. The molecule has 0 aliphatic heterocycles. The third-order valence-electron chi connectivity index (χ3n) is 5.64. The molecule has 2 N–H and O–H groups in total. The Morgan fingerprint density at radius 3 is 1.77 bits per heavy atom. The van der Waals surface area contributed by atoms with Crippen LogP contribution >= 0.6 is 0 Å². The SMILES string of the molecule is CCCC(C)OC(=O)O[C@@H](C)[C@H](C)OC(=O)[C@@H](N)Cc1ccc(OC(=O)OCC(C)(C)C)c(OC(=O)OCC(C)(C)C)c1. The van der Waals surface area contributed by atoms with Crippen molar-refractivity contribution in [2.24, 2.45) is 16.6 Å². The minimum Gasteiger partial charge on any atom is -0.458 e. The molecular weight excluding hydrogens is 562 g/mol. The highest BCUT2D eigenvalue weighted by Gasteiger charge is 2.26. The van der Waals surface area contributed by atoms with Crippen molar-refractivity contribution in [3.05, 3.63) is 23.8 Å². The van der Waals surface area contributed by atoms with Gasteiger partial charge in [0.1, 0.15) is 24.4 Å². The van der Waals surface area contributed by atoms with Crippen LogP contribution in [-0.4, -0.2) is 62.0 Å². The molecule has 1 aromatic carbocycles. The molecule has 0 bridgehead atoms. The van der Waals surface area contributed by atoms with Gasteiger partial charge >= 0.3 is 24.4 Å². The molecule has 0 saturated heterocycles. The van der Waals surface area contributed by atoms with Crippen molar-refractivity contribution in [2.45, 2.75) is 113 Å². The van der Waals surface area contributed by atoms with Crippen LogP contribution in [0.4, 0.5) is 14.4 Å². The number of esters is 1. The monoisotopic (exact) mass is 611 g/mol. The van der Waals surface area contributed by atoms with E-state index in [-0.39, 0.29) is 48.1 Å². The van der Waals surface area contributed by atoms with Crippen LogP contribution in [0.1, 0.15) is 87.6 Å². The summed E-state index contributed by atoms with van der Waals surface area (Å²) in [4.78, 5) is 49.4. The normalized spacial score (nSPS) is 14.4. The molecule has 1 aromatic rings. The number of nitrogens with two attached hydrogens (primary N) is 1. The molecular formula is C31H49NO11. The summed E-state index contributed by atoms with van der Waals surface area (Å²) in [5.41, 5.74) is 5.98. The van der Waals surface area contributed by atoms with E-state index in [4.69, 9.17) is 38.9 Å². The third kappa shape index (κ3) is 16.0. The maximum absolute atomic E-state index is 12.7. The van der Waals surface area contributed by atoms with Crippen molar-refractivity contribution in [1.82, 2.24) is 0 Å². The van der Waals surface area contributed by atoms with E-state index < -0.39 is 42.7 Å². The van der Waals surface area contributed by atoms with Crippen molar-refractivity contribution >= 4 is 24.4 Å². The molecule has 0 aliphatic rings. The summed E-state index contributed by atoms with van der Waals surface area (Å²) in [5.74, 6) is -0.962. The van der Waals surface area contributed by atoms with E-state index in [0.29, 0.717) is 12.0 Å². The van der Waals surface area contributed by atoms with E-state index in [1.54, 1.807) is 26.8 Å². The molecule has 12 nitrogen and oxygen atoms in total. The number of carbonyl (C=O) groups is 4. The predicted octanol–water partition coefficient (Wildman–Crippen LogP) is 6.34. The minimum absolute atomic E-state index is 0.0144. The van der Waals surface area contributed by atoms with Gasteiger partial charge in [0.15, 0.2) is 11.5 Å². The lowest BCUT2D eigenvalue weighted by Gasteiger charge is -2.23. The summed E-state index contributed by atoms with van der Waals surface area (Å²) in [6.07, 6.45) is -3.19. The number of benzene rings is 1. The molecule has 0 saturated carbocycles. The van der Waals surface area contributed by atoms with Gasteiger partial charge in [-0.1, -0.05) is 61.0 Å². The Bertz CT molecular complexity index is 1070. The van der Waals surface area contributed by atoms with E-state index >= 15 is 0 Å². The second-order valence-corrected chi connectivity index (χ2v) is 12.9. The highest BCUT2D eigenvalue weighted by Crippen LogP contribution is 2.30. The molecule has 1 rings (SSSR count). The Hall–Kier alpha value is -3.54. The van der Waals surface area contributed by atoms with Crippen molar-refractivity contribution in [1.29, 1.82) is 0 Å². The van der Waals surface area contributed by atoms with Crippen LogP contribution < -0.4 is 15.2 Å². The fraction of sp³-hybridized carbons (Fsp3) is 0.677. The van der Waals surface area contributed by atoms with Gasteiger partial charge in [-0.05, 0) is 62.1 Å². The van der Waals surface area contributed by atoms with E-state index in [2.05, 4.69) is 0 Å². The Balaban J connectivity index is 2.93. The summed E-state index contributed by atoms with van der Waals surface area (Å²) in [7, 11) is 0. The van der Waals surface area contributed by atoms with Gasteiger partial charge in [-0.3, -0.25) is 4.79 Å². The molecule has 0 aliphatic carbocycles. The molecule has 0 aromatic heterocycles. The quantitative estimate of drug-likeness (QED) is 0.150. The Morgan fingerprint density at radius 1 is 0.744 bits per heavy atom. The van der Waals surface area contributed by atoms with Crippen LogP contribution in [0.2, 0.25) is 0 Å². The van der Waals surface area contributed by atoms with Crippen molar-refractivity contribution < 1.29 is 52.3 Å². The lowest BCUT2D eigenvalue weighted by atomic mass is 9.99. The van der Waals surface area contributed by atoms with Gasteiger partial charge in [-0.15, -0.1) is 0 Å². The molecule has 12 heteroatoms. The molecule has 0 radical (unpaired) electrons. The first kappa shape index (κ1) is 37.5. The first-order valence-electron chi connectivity index (χ1n) is 14.4. The van der Waals surface area contributed by atoms with Crippen molar-refractivity contribution in [2.75, 3.05) is 13.2 Å². The first-order chi connectivity index (χ1) is 19.8. The average molecular weight is 612 g/mol. The van der Waals surface area contributed by atoms with E-state index in [1.807, 2.05) is 48.5 Å². The van der Waals surface area contributed by atoms with Crippen molar-refractivity contribution in [3.8, 4) is 11.5 Å². The van der Waals surface area contributed by atoms with Gasteiger partial charge in [0, 0.05) is 0 Å². The van der Waals surface area contributed by atoms with Crippen LogP contribution in [0, 0.1) is 10.8 Å². The topological polar surface area (TPSA) is 159 Å². The third-order valence-corrected chi connectivity index (χ3v) is 5.64. The summed E-state index contributed by atoms with van der Waals surface area (Å²) in [6.45, 7) is 18.4. The summed E-state index contributed by atoms with van der Waals surface area (Å²) >= 11 is 0. The second-order valence-electron chi connectivity index (χ2n) is 12.9. The number of ether oxygens (including phenoxy) is 7. The lowest BCUT2D eigenvalue weighted by Crippen LogP contribution is -2.39. The van der Waals surface area contributed by atoms with Crippen LogP contribution in [0.3, 0.4) is 0 Å². The molecule has 0 spiro atoms. The lowest BCUT2D eigenvalue weighted by molar-refractivity contribution is -0.155. The Kier molecular flexibility index (Phi) is 14.8. The fourth-order valence-corrected chi connectivity index (χ4v) is 3.24. The fourth-order valence-electron chi connectivity index (χ4n) is 3.24. The summed E-state index contributed by atoms with van der Waals surface area (Å²) in [5, 5.41) is 0. The smallest absolute Gasteiger partial charge is 0.458 e. The molecule has 0 heterocycles. The van der Waals surface area contributed by atoms with Gasteiger partial charge in [0.2, 0.25) is 0 Å². The second kappa shape index (κ2) is 16.9. The number of carbonyl (C=O) groups excluding carboxylic acids is 4. The number of hydrogen-bond acceptors (Lipinski definition) is 12. The molecule has 1 unspecified atom stereocenters. The summed E-state index contributed by atoms with van der Waals surface area (Å²) in [6, 6.07) is 3.23. The van der Waals surface area contributed by atoms with Gasteiger partial charge in [-0.25, -0.2) is 14.4 Å². The predicted molar refractivity (Wildman–Crippen MR) is 158 cm³/mol. The van der Waals surface area contributed by atoms with Crippen LogP contribution in [0.5, 0.6) is 11.5 Å². The Morgan fingerprint density at radius 2 is 1.26 bits per heavy atom. The largest absolute Gasteiger partial charge is 0.513 e. The van der Waals surface area contributed by atoms with Gasteiger partial charge in [0.05, 0.1) is 13.2 Å². The Labute approximate surface area is 254 Å². The van der Waals surface area contributed by atoms with E-state index in [1.165, 1.54) is 12.1 Å². The van der Waals surface area contributed by atoms with E-state index in [9.17, 15) is 19.2 Å². The zero-order chi connectivity index (χ0) is 33.0. The molecule has 0 fully saturated rings. The average Bonchev–Trinajstić information content (AvgIpc) is 2.86. The first-order valence-corrected chi connectivity index (χ1v) is 14.4. The van der Waals surface area contributed by atoms with Crippen LogP contribution in [-0.2, 0) is 34.9 Å². The molecule has 43 heavy (non-hydrogen) atoms. The van der Waals surface area contributed by atoms with Gasteiger partial charge in [0.25, 0.3) is 0 Å². The maximum Gasteiger partial charge on any atom is 0.513 e.